The maximum atomic E-state index is 12.6. The van der Waals surface area contributed by atoms with Gasteiger partial charge in [-0.05, 0) is 42.3 Å². The summed E-state index contributed by atoms with van der Waals surface area (Å²) in [7, 11) is -2.14. The Kier molecular flexibility index (Phi) is 7.07. The molecule has 27 heavy (non-hydrogen) atoms. The number of ether oxygens (including phenoxy) is 1. The highest BCUT2D eigenvalue weighted by Crippen LogP contribution is 2.18. The van der Waals surface area contributed by atoms with Crippen LogP contribution in [0.5, 0.6) is 5.75 Å². The highest BCUT2D eigenvalue weighted by atomic mass is 32.2. The molecule has 5 nitrogen and oxygen atoms in total. The number of methoxy groups -OCH3 is 1. The van der Waals surface area contributed by atoms with E-state index in [1.165, 1.54) is 25.3 Å². The van der Waals surface area contributed by atoms with Crippen molar-refractivity contribution in [3.63, 3.8) is 0 Å². The smallest absolute Gasteiger partial charge is 0.180 e. The fourth-order valence-corrected chi connectivity index (χ4v) is 3.66. The summed E-state index contributed by atoms with van der Waals surface area (Å²) in [6, 6.07) is 15.6. The zero-order valence-electron chi connectivity index (χ0n) is 15.3. The lowest BCUT2D eigenvalue weighted by atomic mass is 10.0. The molecule has 0 heterocycles. The molecule has 142 valence electrons. The largest absolute Gasteiger partial charge is 0.497 e. The number of allylic oxidation sites excluding steroid dienone is 1. The summed E-state index contributed by atoms with van der Waals surface area (Å²) in [6.07, 6.45) is 4.02. The van der Waals surface area contributed by atoms with Crippen LogP contribution in [0.2, 0.25) is 0 Å². The van der Waals surface area contributed by atoms with Crippen molar-refractivity contribution in [1.82, 2.24) is 0 Å². The molecule has 0 aliphatic heterocycles. The van der Waals surface area contributed by atoms with Crippen LogP contribution in [0.25, 0.3) is 6.08 Å². The second-order valence-electron chi connectivity index (χ2n) is 6.16. The van der Waals surface area contributed by atoms with Crippen molar-refractivity contribution >= 4 is 27.5 Å². The van der Waals surface area contributed by atoms with Gasteiger partial charge in [0.05, 0.1) is 7.11 Å². The number of hydrogen-bond donors (Lipinski definition) is 0. The van der Waals surface area contributed by atoms with E-state index in [0.717, 1.165) is 11.8 Å². The Morgan fingerprint density at radius 3 is 2.22 bits per heavy atom. The zero-order valence-corrected chi connectivity index (χ0v) is 16.1. The number of rotatable bonds is 9. The molecule has 2 aromatic carbocycles. The number of sulfone groups is 1. The molecule has 0 aliphatic rings. The Labute approximate surface area is 159 Å². The van der Waals surface area contributed by atoms with Crippen LogP contribution in [0.4, 0.5) is 0 Å². The maximum Gasteiger partial charge on any atom is 0.180 e. The van der Waals surface area contributed by atoms with Gasteiger partial charge in [0.15, 0.2) is 21.4 Å². The fourth-order valence-electron chi connectivity index (χ4n) is 2.59. The minimum Gasteiger partial charge on any atom is -0.497 e. The van der Waals surface area contributed by atoms with E-state index in [4.69, 9.17) is 4.74 Å². The lowest BCUT2D eigenvalue weighted by Crippen LogP contribution is -2.30. The van der Waals surface area contributed by atoms with Gasteiger partial charge in [-0.1, -0.05) is 36.4 Å². The van der Waals surface area contributed by atoms with Gasteiger partial charge in [-0.2, -0.15) is 0 Å². The molecule has 0 amide bonds. The lowest BCUT2D eigenvalue weighted by molar-refractivity contribution is -0.114. The fraction of sp³-hybridized carbons (Fsp3) is 0.238. The number of hydrogen-bond acceptors (Lipinski definition) is 5. The van der Waals surface area contributed by atoms with Crippen LogP contribution in [-0.4, -0.2) is 38.6 Å². The van der Waals surface area contributed by atoms with Gasteiger partial charge in [0.25, 0.3) is 0 Å². The summed E-state index contributed by atoms with van der Waals surface area (Å²) in [5.41, 5.74) is 1.15. The number of benzene rings is 2. The predicted octanol–water partition coefficient (Wildman–Crippen LogP) is 3.35. The highest BCUT2D eigenvalue weighted by molar-refractivity contribution is 7.92. The molecule has 0 aliphatic carbocycles. The summed E-state index contributed by atoms with van der Waals surface area (Å²) in [5.74, 6) is -0.168. The summed E-state index contributed by atoms with van der Waals surface area (Å²) in [5, 5.41) is -1.25. The van der Waals surface area contributed by atoms with Crippen LogP contribution in [-0.2, 0) is 14.6 Å². The van der Waals surface area contributed by atoms with E-state index < -0.39 is 20.9 Å². The molecule has 2 rings (SSSR count). The van der Waals surface area contributed by atoms with Crippen molar-refractivity contribution in [2.45, 2.75) is 18.1 Å². The maximum absolute atomic E-state index is 12.6. The Morgan fingerprint density at radius 1 is 1.04 bits per heavy atom. The van der Waals surface area contributed by atoms with Crippen LogP contribution in [0.3, 0.4) is 0 Å². The van der Waals surface area contributed by atoms with Gasteiger partial charge in [0, 0.05) is 18.2 Å². The van der Waals surface area contributed by atoms with Crippen LogP contribution in [0.1, 0.15) is 28.8 Å². The third-order valence-corrected chi connectivity index (χ3v) is 5.58. The van der Waals surface area contributed by atoms with Gasteiger partial charge in [0.1, 0.15) is 11.0 Å². The van der Waals surface area contributed by atoms with E-state index in [1.807, 2.05) is 30.3 Å². The van der Waals surface area contributed by atoms with E-state index >= 15 is 0 Å². The monoisotopic (exact) mass is 386 g/mol. The molecule has 2 aromatic rings. The molecule has 0 unspecified atom stereocenters. The average Bonchev–Trinajstić information content (AvgIpc) is 2.66. The first kappa shape index (κ1) is 20.6. The van der Waals surface area contributed by atoms with Crippen molar-refractivity contribution in [2.75, 3.05) is 13.4 Å². The minimum absolute atomic E-state index is 0.0248. The first-order valence-electron chi connectivity index (χ1n) is 8.44. The van der Waals surface area contributed by atoms with Crippen molar-refractivity contribution in [3.8, 4) is 5.75 Å². The zero-order chi connectivity index (χ0) is 19.9. The molecular weight excluding hydrogens is 364 g/mol. The molecular formula is C21H22O5S. The third-order valence-electron chi connectivity index (χ3n) is 4.10. The molecule has 0 radical (unpaired) electrons. The summed E-state index contributed by atoms with van der Waals surface area (Å²) >= 11 is 0. The van der Waals surface area contributed by atoms with Crippen molar-refractivity contribution < 1.29 is 22.7 Å². The van der Waals surface area contributed by atoms with Crippen molar-refractivity contribution in [1.29, 1.82) is 0 Å². The van der Waals surface area contributed by atoms with E-state index in [1.54, 1.807) is 18.2 Å². The van der Waals surface area contributed by atoms with Gasteiger partial charge in [-0.3, -0.25) is 9.59 Å². The summed E-state index contributed by atoms with van der Waals surface area (Å²) in [6.45, 7) is 0. The summed E-state index contributed by atoms with van der Waals surface area (Å²) in [4.78, 5) is 24.7. The van der Waals surface area contributed by atoms with Gasteiger partial charge in [0.2, 0.25) is 0 Å². The molecule has 0 saturated heterocycles. The highest BCUT2D eigenvalue weighted by Gasteiger charge is 2.29. The standard InChI is InChI=1S/C21H22O5S/c1-26-19-13-9-17(10-14-19)21(23)20(27(2,24)25)15-12-18(22)11-8-16-6-4-3-5-7-16/h3-11,13-14,20H,12,15H2,1-2H3/b11-8+/t20-/m1/s1. The number of Topliss-reactive ketones (excluding diaryl/α,β-unsaturated/α-hetero) is 1. The SMILES string of the molecule is COc1ccc(C(=O)[C@@H](CCC(=O)/C=C/c2ccccc2)S(C)(=O)=O)cc1. The molecule has 0 N–H and O–H groups in total. The van der Waals surface area contributed by atoms with Crippen molar-refractivity contribution in [3.05, 3.63) is 71.8 Å². The molecule has 0 bridgehead atoms. The lowest BCUT2D eigenvalue weighted by Gasteiger charge is -2.13. The minimum atomic E-state index is -3.65. The first-order chi connectivity index (χ1) is 12.8. The molecule has 0 fully saturated rings. The van der Waals surface area contributed by atoms with Crippen LogP contribution >= 0.6 is 0 Å². The second-order valence-corrected chi connectivity index (χ2v) is 8.39. The quantitative estimate of drug-likeness (QED) is 0.488. The van der Waals surface area contributed by atoms with E-state index in [9.17, 15) is 18.0 Å². The molecule has 6 heteroatoms. The van der Waals surface area contributed by atoms with E-state index in [-0.39, 0.29) is 24.2 Å². The molecule has 0 spiro atoms. The molecule has 0 aromatic heterocycles. The number of carbonyl (C=O) groups is 2. The van der Waals surface area contributed by atoms with Crippen molar-refractivity contribution in [2.24, 2.45) is 0 Å². The van der Waals surface area contributed by atoms with Gasteiger partial charge in [-0.25, -0.2) is 8.42 Å². The Morgan fingerprint density at radius 2 is 1.67 bits per heavy atom. The van der Waals surface area contributed by atoms with Gasteiger partial charge < -0.3 is 4.74 Å². The Bertz CT molecular complexity index is 913. The van der Waals surface area contributed by atoms with Gasteiger partial charge >= 0.3 is 0 Å². The van der Waals surface area contributed by atoms with Crippen LogP contribution in [0, 0.1) is 0 Å². The van der Waals surface area contributed by atoms with Gasteiger partial charge in [-0.15, -0.1) is 0 Å². The Hall–Kier alpha value is -2.73. The predicted molar refractivity (Wildman–Crippen MR) is 106 cm³/mol. The van der Waals surface area contributed by atoms with Crippen LogP contribution in [0.15, 0.2) is 60.7 Å². The third kappa shape index (κ3) is 6.18. The van der Waals surface area contributed by atoms with Crippen LogP contribution < -0.4 is 4.74 Å². The number of ketones is 2. The Balaban J connectivity index is 2.07. The summed E-state index contributed by atoms with van der Waals surface area (Å²) < 4.78 is 29.2. The molecule has 0 saturated carbocycles. The topological polar surface area (TPSA) is 77.5 Å². The van der Waals surface area contributed by atoms with E-state index in [2.05, 4.69) is 0 Å². The number of carbonyl (C=O) groups excluding carboxylic acids is 2. The van der Waals surface area contributed by atoms with E-state index in [0.29, 0.717) is 5.75 Å². The second kappa shape index (κ2) is 9.28. The first-order valence-corrected chi connectivity index (χ1v) is 10.4. The average molecular weight is 386 g/mol. The normalized spacial score (nSPS) is 12.7. The molecule has 1 atom stereocenters.